The van der Waals surface area contributed by atoms with Crippen molar-refractivity contribution in [2.75, 3.05) is 6.54 Å². The van der Waals surface area contributed by atoms with Gasteiger partial charge in [0, 0.05) is 12.0 Å². The summed E-state index contributed by atoms with van der Waals surface area (Å²) < 4.78 is 0. The maximum Gasteiger partial charge on any atom is 0.116 e. The molecule has 0 bridgehead atoms. The predicted octanol–water partition coefficient (Wildman–Crippen LogP) is 1.69. The number of nitrogens with zero attached hydrogens (tertiary/aromatic N) is 1. The Balaban J connectivity index is 4.32. The number of rotatable bonds is 4. The first-order valence-electron chi connectivity index (χ1n) is 4.60. The maximum atomic E-state index is 5.39. The summed E-state index contributed by atoms with van der Waals surface area (Å²) in [7, 11) is 0. The lowest BCUT2D eigenvalue weighted by molar-refractivity contribution is 0.483. The largest absolute Gasteiger partial charge is 0.312 e. The molecule has 0 heterocycles. The van der Waals surface area contributed by atoms with Crippen molar-refractivity contribution in [3.8, 4) is 0 Å². The molecular formula is C9H21N3. The fourth-order valence-electron chi connectivity index (χ4n) is 0.846. The van der Waals surface area contributed by atoms with Crippen LogP contribution in [0.25, 0.3) is 0 Å². The van der Waals surface area contributed by atoms with Gasteiger partial charge < -0.3 is 5.43 Å². The quantitative estimate of drug-likeness (QED) is 0.293. The normalized spacial score (nSPS) is 13.2. The van der Waals surface area contributed by atoms with Gasteiger partial charge in [0.2, 0.25) is 0 Å². The van der Waals surface area contributed by atoms with Crippen molar-refractivity contribution >= 4 is 5.84 Å². The number of hydrogen-bond donors (Lipinski definition) is 2. The minimum atomic E-state index is 0.0733. The number of hydrogen-bond acceptors (Lipinski definition) is 2. The molecule has 72 valence electrons. The van der Waals surface area contributed by atoms with Gasteiger partial charge in [0.05, 0.1) is 0 Å². The molecule has 3 N–H and O–H groups in total. The average Bonchev–Trinajstić information content (AvgIpc) is 2.05. The highest BCUT2D eigenvalue weighted by molar-refractivity contribution is 5.86. The van der Waals surface area contributed by atoms with Crippen molar-refractivity contribution in [3.05, 3.63) is 0 Å². The van der Waals surface area contributed by atoms with Gasteiger partial charge in [-0.25, -0.2) is 5.84 Å². The molecular weight excluding hydrogens is 150 g/mol. The molecule has 0 aliphatic rings. The van der Waals surface area contributed by atoms with Gasteiger partial charge in [0.15, 0.2) is 0 Å². The SMILES string of the molecule is CCCN=C(NN)C(C)(C)CC. The number of aliphatic imine (C=N–C) groups is 1. The minimum absolute atomic E-state index is 0.0733. The molecule has 0 unspecified atom stereocenters. The van der Waals surface area contributed by atoms with E-state index in [4.69, 9.17) is 5.84 Å². The zero-order chi connectivity index (χ0) is 9.61. The maximum absolute atomic E-state index is 5.39. The lowest BCUT2D eigenvalue weighted by Gasteiger charge is -2.24. The predicted molar refractivity (Wildman–Crippen MR) is 54.0 cm³/mol. The van der Waals surface area contributed by atoms with Crippen molar-refractivity contribution in [3.63, 3.8) is 0 Å². The lowest BCUT2D eigenvalue weighted by atomic mass is 9.89. The van der Waals surface area contributed by atoms with Crippen LogP contribution in [-0.4, -0.2) is 12.4 Å². The monoisotopic (exact) mass is 171 g/mol. The van der Waals surface area contributed by atoms with Crippen molar-refractivity contribution in [2.45, 2.75) is 40.5 Å². The second-order valence-corrected chi connectivity index (χ2v) is 3.61. The molecule has 3 heteroatoms. The fourth-order valence-corrected chi connectivity index (χ4v) is 0.846. The second kappa shape index (κ2) is 5.14. The molecule has 0 atom stereocenters. The van der Waals surface area contributed by atoms with Crippen LogP contribution in [-0.2, 0) is 0 Å². The number of nitrogens with two attached hydrogens (primary N) is 1. The summed E-state index contributed by atoms with van der Waals surface area (Å²) in [5.74, 6) is 6.30. The van der Waals surface area contributed by atoms with Gasteiger partial charge in [-0.05, 0) is 12.8 Å². The highest BCUT2D eigenvalue weighted by Gasteiger charge is 2.21. The molecule has 0 saturated heterocycles. The standard InChI is InChI=1S/C9H21N3/c1-5-7-11-8(12-10)9(3,4)6-2/h5-7,10H2,1-4H3,(H,11,12). The van der Waals surface area contributed by atoms with Crippen LogP contribution in [0.1, 0.15) is 40.5 Å². The van der Waals surface area contributed by atoms with Crippen molar-refractivity contribution in [1.82, 2.24) is 5.43 Å². The van der Waals surface area contributed by atoms with Crippen LogP contribution < -0.4 is 11.3 Å². The van der Waals surface area contributed by atoms with Crippen LogP contribution in [0, 0.1) is 5.41 Å². The Morgan fingerprint density at radius 1 is 1.42 bits per heavy atom. The third kappa shape index (κ3) is 3.22. The summed E-state index contributed by atoms with van der Waals surface area (Å²) in [6, 6.07) is 0. The van der Waals surface area contributed by atoms with E-state index in [9.17, 15) is 0 Å². The van der Waals surface area contributed by atoms with Crippen LogP contribution in [0.2, 0.25) is 0 Å². The van der Waals surface area contributed by atoms with E-state index in [2.05, 4.69) is 38.1 Å². The summed E-state index contributed by atoms with van der Waals surface area (Å²) in [5.41, 5.74) is 2.75. The smallest absolute Gasteiger partial charge is 0.116 e. The van der Waals surface area contributed by atoms with Crippen LogP contribution >= 0.6 is 0 Å². The Morgan fingerprint density at radius 3 is 2.33 bits per heavy atom. The van der Waals surface area contributed by atoms with E-state index in [-0.39, 0.29) is 5.41 Å². The summed E-state index contributed by atoms with van der Waals surface area (Å²) in [6.45, 7) is 9.38. The summed E-state index contributed by atoms with van der Waals surface area (Å²) in [5, 5.41) is 0. The molecule has 0 aliphatic carbocycles. The molecule has 0 radical (unpaired) electrons. The van der Waals surface area contributed by atoms with Crippen LogP contribution in [0.15, 0.2) is 4.99 Å². The Labute approximate surface area is 75.4 Å². The molecule has 12 heavy (non-hydrogen) atoms. The topological polar surface area (TPSA) is 50.4 Å². The van der Waals surface area contributed by atoms with E-state index in [1.807, 2.05) is 0 Å². The molecule has 0 saturated carbocycles. The van der Waals surface area contributed by atoms with Gasteiger partial charge in [0.25, 0.3) is 0 Å². The molecule has 0 aromatic heterocycles. The van der Waals surface area contributed by atoms with Crippen molar-refractivity contribution < 1.29 is 0 Å². The fraction of sp³-hybridized carbons (Fsp3) is 0.889. The molecule has 0 amide bonds. The van der Waals surface area contributed by atoms with Crippen LogP contribution in [0.3, 0.4) is 0 Å². The van der Waals surface area contributed by atoms with E-state index in [0.29, 0.717) is 0 Å². The van der Waals surface area contributed by atoms with E-state index in [1.165, 1.54) is 0 Å². The zero-order valence-corrected chi connectivity index (χ0v) is 8.65. The van der Waals surface area contributed by atoms with Gasteiger partial charge in [0.1, 0.15) is 5.84 Å². The van der Waals surface area contributed by atoms with Gasteiger partial charge in [-0.3, -0.25) is 4.99 Å². The van der Waals surface area contributed by atoms with Crippen molar-refractivity contribution in [1.29, 1.82) is 0 Å². The van der Waals surface area contributed by atoms with Gasteiger partial charge >= 0.3 is 0 Å². The van der Waals surface area contributed by atoms with E-state index >= 15 is 0 Å². The number of amidine groups is 1. The Morgan fingerprint density at radius 2 is 2.00 bits per heavy atom. The molecule has 0 rings (SSSR count). The molecule has 0 spiro atoms. The first-order valence-corrected chi connectivity index (χ1v) is 4.60. The highest BCUT2D eigenvalue weighted by atomic mass is 15.3. The Bertz CT molecular complexity index is 150. The molecule has 0 fully saturated rings. The number of hydrazine groups is 1. The van der Waals surface area contributed by atoms with Gasteiger partial charge in [-0.2, -0.15) is 0 Å². The summed E-state index contributed by atoms with van der Waals surface area (Å²) in [6.07, 6.45) is 2.10. The second-order valence-electron chi connectivity index (χ2n) is 3.61. The molecule has 0 aliphatic heterocycles. The first-order chi connectivity index (χ1) is 5.58. The van der Waals surface area contributed by atoms with E-state index in [0.717, 1.165) is 25.2 Å². The lowest BCUT2D eigenvalue weighted by Crippen LogP contribution is -2.41. The Kier molecular flexibility index (Phi) is 4.90. The summed E-state index contributed by atoms with van der Waals surface area (Å²) >= 11 is 0. The molecule has 0 aromatic rings. The van der Waals surface area contributed by atoms with Gasteiger partial charge in [-0.15, -0.1) is 0 Å². The minimum Gasteiger partial charge on any atom is -0.312 e. The van der Waals surface area contributed by atoms with Crippen LogP contribution in [0.5, 0.6) is 0 Å². The Hall–Kier alpha value is -0.570. The molecule has 3 nitrogen and oxygen atoms in total. The average molecular weight is 171 g/mol. The number of nitrogens with one attached hydrogen (secondary N) is 1. The third-order valence-corrected chi connectivity index (χ3v) is 2.16. The van der Waals surface area contributed by atoms with Gasteiger partial charge in [-0.1, -0.05) is 27.7 Å². The highest BCUT2D eigenvalue weighted by Crippen LogP contribution is 2.20. The van der Waals surface area contributed by atoms with Crippen molar-refractivity contribution in [2.24, 2.45) is 16.3 Å². The molecule has 0 aromatic carbocycles. The first kappa shape index (κ1) is 11.4. The van der Waals surface area contributed by atoms with E-state index < -0.39 is 0 Å². The summed E-state index contributed by atoms with van der Waals surface area (Å²) in [4.78, 5) is 4.38. The zero-order valence-electron chi connectivity index (χ0n) is 8.65. The van der Waals surface area contributed by atoms with E-state index in [1.54, 1.807) is 0 Å². The van der Waals surface area contributed by atoms with Crippen LogP contribution in [0.4, 0.5) is 0 Å². The third-order valence-electron chi connectivity index (χ3n) is 2.16.